The summed E-state index contributed by atoms with van der Waals surface area (Å²) < 4.78 is 3.71. The van der Waals surface area contributed by atoms with Gasteiger partial charge in [0, 0.05) is 17.3 Å². The van der Waals surface area contributed by atoms with Gasteiger partial charge in [0.1, 0.15) is 10.5 Å². The molecular formula is C20H20N4OS. The van der Waals surface area contributed by atoms with Crippen molar-refractivity contribution in [3.05, 3.63) is 62.9 Å². The molecule has 1 aliphatic rings. The van der Waals surface area contributed by atoms with Crippen LogP contribution in [0.25, 0.3) is 15.9 Å². The lowest BCUT2D eigenvalue weighted by Gasteiger charge is -2.17. The summed E-state index contributed by atoms with van der Waals surface area (Å²) in [5.74, 6) is 0.694. The van der Waals surface area contributed by atoms with E-state index >= 15 is 0 Å². The summed E-state index contributed by atoms with van der Waals surface area (Å²) in [6, 6.07) is 4.05. The highest BCUT2D eigenvalue weighted by Crippen LogP contribution is 2.35. The lowest BCUT2D eigenvalue weighted by molar-refractivity contribution is 0.509. The van der Waals surface area contributed by atoms with Crippen molar-refractivity contribution in [2.45, 2.75) is 39.7 Å². The van der Waals surface area contributed by atoms with E-state index in [1.54, 1.807) is 22.2 Å². The molecule has 0 radical (unpaired) electrons. The van der Waals surface area contributed by atoms with Crippen LogP contribution in [0.3, 0.4) is 0 Å². The van der Waals surface area contributed by atoms with Crippen LogP contribution in [0, 0.1) is 12.8 Å². The Kier molecular flexibility index (Phi) is 3.50. The number of hydrogen-bond acceptors (Lipinski definition) is 4. The van der Waals surface area contributed by atoms with E-state index in [-0.39, 0.29) is 5.56 Å². The van der Waals surface area contributed by atoms with Crippen LogP contribution in [-0.4, -0.2) is 18.9 Å². The third-order valence-electron chi connectivity index (χ3n) is 5.34. The maximum atomic E-state index is 13.1. The Morgan fingerprint density at radius 3 is 3.12 bits per heavy atom. The Morgan fingerprint density at radius 1 is 1.38 bits per heavy atom. The van der Waals surface area contributed by atoms with Gasteiger partial charge < -0.3 is 4.40 Å². The van der Waals surface area contributed by atoms with Gasteiger partial charge in [-0.05, 0) is 49.3 Å². The molecule has 4 aromatic rings. The summed E-state index contributed by atoms with van der Waals surface area (Å²) in [6.07, 6.45) is 8.86. The molecule has 0 N–H and O–H groups in total. The molecule has 4 aromatic heterocycles. The third kappa shape index (κ3) is 2.40. The molecule has 0 saturated carbocycles. The second-order valence-electron chi connectivity index (χ2n) is 7.36. The number of aryl methyl sites for hydroxylation is 2. The average molecular weight is 364 g/mol. The van der Waals surface area contributed by atoms with Gasteiger partial charge in [-0.2, -0.15) is 0 Å². The van der Waals surface area contributed by atoms with Crippen molar-refractivity contribution < 1.29 is 0 Å². The molecular weight excluding hydrogens is 344 g/mol. The normalized spacial score (nSPS) is 17.1. The number of rotatable bonds is 2. The zero-order valence-electron chi connectivity index (χ0n) is 14.9. The fourth-order valence-electron chi connectivity index (χ4n) is 3.93. The van der Waals surface area contributed by atoms with Crippen LogP contribution in [0.1, 0.15) is 35.0 Å². The molecule has 0 amide bonds. The monoisotopic (exact) mass is 364 g/mol. The van der Waals surface area contributed by atoms with Crippen molar-refractivity contribution in [2.75, 3.05) is 0 Å². The minimum Gasteiger partial charge on any atom is -0.307 e. The van der Waals surface area contributed by atoms with Gasteiger partial charge in [0.25, 0.3) is 5.56 Å². The van der Waals surface area contributed by atoms with E-state index in [9.17, 15) is 4.79 Å². The summed E-state index contributed by atoms with van der Waals surface area (Å²) in [7, 11) is 0. The molecule has 4 heterocycles. The van der Waals surface area contributed by atoms with Gasteiger partial charge in [0.2, 0.25) is 0 Å². The highest BCUT2D eigenvalue weighted by Gasteiger charge is 2.23. The first-order valence-electron chi connectivity index (χ1n) is 9.03. The van der Waals surface area contributed by atoms with E-state index < -0.39 is 0 Å². The van der Waals surface area contributed by atoms with E-state index in [2.05, 4.69) is 11.9 Å². The van der Waals surface area contributed by atoms with Crippen molar-refractivity contribution >= 4 is 27.2 Å². The van der Waals surface area contributed by atoms with Gasteiger partial charge >= 0.3 is 0 Å². The molecule has 26 heavy (non-hydrogen) atoms. The molecule has 0 bridgehead atoms. The number of thiophene rings is 1. The Bertz CT molecular complexity index is 1200. The van der Waals surface area contributed by atoms with Crippen molar-refractivity contribution in [1.29, 1.82) is 0 Å². The van der Waals surface area contributed by atoms with E-state index in [0.717, 1.165) is 46.4 Å². The Balaban J connectivity index is 1.59. The minimum atomic E-state index is 0.0656. The highest BCUT2D eigenvalue weighted by atomic mass is 32.1. The van der Waals surface area contributed by atoms with Crippen molar-refractivity contribution in [2.24, 2.45) is 5.92 Å². The average Bonchev–Trinajstić information content (AvgIpc) is 3.19. The molecule has 0 spiro atoms. The number of pyridine rings is 1. The molecule has 0 saturated heterocycles. The zero-order valence-corrected chi connectivity index (χ0v) is 15.7. The van der Waals surface area contributed by atoms with E-state index in [1.807, 2.05) is 35.9 Å². The molecule has 5 nitrogen and oxygen atoms in total. The predicted octanol–water partition coefficient (Wildman–Crippen LogP) is 3.59. The quantitative estimate of drug-likeness (QED) is 0.546. The number of nitrogens with zero attached hydrogens (tertiary/aromatic N) is 4. The minimum absolute atomic E-state index is 0.0656. The molecule has 1 unspecified atom stereocenters. The lowest BCUT2D eigenvalue weighted by atomic mass is 9.89. The molecule has 5 rings (SSSR count). The summed E-state index contributed by atoms with van der Waals surface area (Å²) in [6.45, 7) is 4.78. The molecule has 6 heteroatoms. The van der Waals surface area contributed by atoms with Crippen LogP contribution in [0.15, 0.2) is 35.6 Å². The third-order valence-corrected chi connectivity index (χ3v) is 6.50. The van der Waals surface area contributed by atoms with Crippen LogP contribution in [0.2, 0.25) is 0 Å². The first-order chi connectivity index (χ1) is 12.6. The maximum Gasteiger partial charge on any atom is 0.262 e. The number of aromatic nitrogens is 4. The number of fused-ring (bicyclic) bond motifs is 4. The van der Waals surface area contributed by atoms with Gasteiger partial charge in [0.15, 0.2) is 0 Å². The highest BCUT2D eigenvalue weighted by molar-refractivity contribution is 7.18. The smallest absolute Gasteiger partial charge is 0.262 e. The van der Waals surface area contributed by atoms with Crippen molar-refractivity contribution in [1.82, 2.24) is 18.9 Å². The first-order valence-corrected chi connectivity index (χ1v) is 9.84. The molecule has 1 atom stereocenters. The number of imidazole rings is 1. The van der Waals surface area contributed by atoms with Gasteiger partial charge in [-0.1, -0.05) is 13.0 Å². The molecule has 0 aromatic carbocycles. The summed E-state index contributed by atoms with van der Waals surface area (Å²) in [5.41, 5.74) is 4.24. The Morgan fingerprint density at radius 2 is 2.27 bits per heavy atom. The topological polar surface area (TPSA) is 52.2 Å². The van der Waals surface area contributed by atoms with Crippen LogP contribution < -0.4 is 5.56 Å². The molecule has 1 aliphatic carbocycles. The fraction of sp³-hybridized carbons (Fsp3) is 0.350. The van der Waals surface area contributed by atoms with Gasteiger partial charge in [-0.15, -0.1) is 11.3 Å². The van der Waals surface area contributed by atoms with Crippen LogP contribution in [0.5, 0.6) is 0 Å². The molecule has 0 fully saturated rings. The van der Waals surface area contributed by atoms with Crippen molar-refractivity contribution in [3.63, 3.8) is 0 Å². The summed E-state index contributed by atoms with van der Waals surface area (Å²) >= 11 is 1.69. The summed E-state index contributed by atoms with van der Waals surface area (Å²) in [5, 5.41) is 0.833. The van der Waals surface area contributed by atoms with Crippen LogP contribution in [-0.2, 0) is 19.4 Å². The standard InChI is InChI=1S/C20H20N4OS/c1-12-5-6-15-16(8-12)26-19-17(15)20(25)24(11-21-19)10-14-9-23-7-3-4-13(2)18(23)22-14/h3-4,7,9,11-12H,5-6,8,10H2,1-2H3. The number of hydrogen-bond donors (Lipinski definition) is 0. The second kappa shape index (κ2) is 5.77. The molecule has 132 valence electrons. The Hall–Kier alpha value is -2.47. The SMILES string of the molecule is Cc1cccn2cc(Cn3cnc4sc5c(c4c3=O)CCC(C)C5)nc12. The fourth-order valence-corrected chi connectivity index (χ4v) is 5.27. The maximum absolute atomic E-state index is 13.1. The van der Waals surface area contributed by atoms with E-state index in [0.29, 0.717) is 12.5 Å². The first kappa shape index (κ1) is 15.8. The van der Waals surface area contributed by atoms with Gasteiger partial charge in [-0.3, -0.25) is 9.36 Å². The van der Waals surface area contributed by atoms with Crippen LogP contribution >= 0.6 is 11.3 Å². The van der Waals surface area contributed by atoms with E-state index in [1.165, 1.54) is 10.4 Å². The predicted molar refractivity (Wildman–Crippen MR) is 104 cm³/mol. The van der Waals surface area contributed by atoms with Crippen LogP contribution in [0.4, 0.5) is 0 Å². The zero-order chi connectivity index (χ0) is 17.8. The van der Waals surface area contributed by atoms with Crippen molar-refractivity contribution in [3.8, 4) is 0 Å². The summed E-state index contributed by atoms with van der Waals surface area (Å²) in [4.78, 5) is 24.6. The lowest BCUT2D eigenvalue weighted by Crippen LogP contribution is -2.22. The molecule has 0 aliphatic heterocycles. The van der Waals surface area contributed by atoms with Gasteiger partial charge in [-0.25, -0.2) is 9.97 Å². The largest absolute Gasteiger partial charge is 0.307 e. The van der Waals surface area contributed by atoms with Gasteiger partial charge in [0.05, 0.1) is 24.0 Å². The second-order valence-corrected chi connectivity index (χ2v) is 8.45. The van der Waals surface area contributed by atoms with E-state index in [4.69, 9.17) is 4.98 Å². The Labute approximate surface area is 155 Å².